The van der Waals surface area contributed by atoms with Crippen LogP contribution in [0.15, 0.2) is 23.1 Å². The van der Waals surface area contributed by atoms with Crippen LogP contribution in [-0.2, 0) is 5.75 Å². The topological polar surface area (TPSA) is 93.9 Å². The predicted molar refractivity (Wildman–Crippen MR) is 83.7 cm³/mol. The van der Waals surface area contributed by atoms with Crippen LogP contribution in [0.2, 0.25) is 0 Å². The van der Waals surface area contributed by atoms with Crippen LogP contribution in [0.4, 0.5) is 17.6 Å². The van der Waals surface area contributed by atoms with Gasteiger partial charge in [0.25, 0.3) is 0 Å². The van der Waals surface area contributed by atoms with Gasteiger partial charge in [-0.2, -0.15) is 15.0 Å². The van der Waals surface area contributed by atoms with Crippen molar-refractivity contribution in [2.24, 2.45) is 0 Å². The number of hydrogen-bond acceptors (Lipinski definition) is 7. The molecule has 2 rings (SSSR count). The molecule has 0 aliphatic heterocycles. The molecule has 0 aliphatic carbocycles. The van der Waals surface area contributed by atoms with Crippen molar-refractivity contribution in [2.45, 2.75) is 17.6 Å². The van der Waals surface area contributed by atoms with Crippen molar-refractivity contribution in [2.75, 3.05) is 30.5 Å². The minimum Gasteiger partial charge on any atom is -0.398 e. The Morgan fingerprint density at radius 3 is 2.60 bits per heavy atom. The zero-order valence-corrected chi connectivity index (χ0v) is 12.6. The molecule has 0 fully saturated rings. The Bertz CT molecular complexity index is 614. The SMILES string of the molecule is Cc1c(N)cccc1SCc1nc(N)nc(N(C)C)n1. The van der Waals surface area contributed by atoms with Gasteiger partial charge in [0.05, 0.1) is 5.75 Å². The highest BCUT2D eigenvalue weighted by Gasteiger charge is 2.08. The van der Waals surface area contributed by atoms with E-state index in [0.29, 0.717) is 17.5 Å². The smallest absolute Gasteiger partial charge is 0.229 e. The highest BCUT2D eigenvalue weighted by atomic mass is 32.2. The van der Waals surface area contributed by atoms with Crippen LogP contribution in [0, 0.1) is 6.92 Å². The zero-order valence-electron chi connectivity index (χ0n) is 11.8. The number of aromatic nitrogens is 3. The Labute approximate surface area is 122 Å². The van der Waals surface area contributed by atoms with Crippen molar-refractivity contribution < 1.29 is 0 Å². The third kappa shape index (κ3) is 3.30. The van der Waals surface area contributed by atoms with Crippen molar-refractivity contribution >= 4 is 29.3 Å². The summed E-state index contributed by atoms with van der Waals surface area (Å²) in [5, 5.41) is 0. The number of anilines is 3. The van der Waals surface area contributed by atoms with Gasteiger partial charge in [0.15, 0.2) is 0 Å². The first kappa shape index (κ1) is 14.4. The average molecular weight is 290 g/mol. The number of nitrogens with zero attached hydrogens (tertiary/aromatic N) is 4. The van der Waals surface area contributed by atoms with E-state index in [1.54, 1.807) is 16.7 Å². The minimum absolute atomic E-state index is 0.239. The Kier molecular flexibility index (Phi) is 4.29. The number of benzene rings is 1. The second-order valence-electron chi connectivity index (χ2n) is 4.56. The first-order chi connectivity index (χ1) is 9.47. The number of thioether (sulfide) groups is 1. The molecule has 0 spiro atoms. The van der Waals surface area contributed by atoms with Crippen molar-refractivity contribution in [3.8, 4) is 0 Å². The molecular weight excluding hydrogens is 272 g/mol. The molecule has 6 nitrogen and oxygen atoms in total. The lowest BCUT2D eigenvalue weighted by Gasteiger charge is -2.12. The van der Waals surface area contributed by atoms with E-state index in [9.17, 15) is 0 Å². The first-order valence-corrected chi connectivity index (χ1v) is 7.11. The van der Waals surface area contributed by atoms with Crippen LogP contribution in [0.25, 0.3) is 0 Å². The molecule has 2 aromatic rings. The van der Waals surface area contributed by atoms with E-state index >= 15 is 0 Å². The summed E-state index contributed by atoms with van der Waals surface area (Å²) in [6, 6.07) is 5.87. The standard InChI is InChI=1S/C13H18N6S/c1-8-9(14)5-4-6-10(8)20-7-11-16-12(15)18-13(17-11)19(2)3/h4-6H,7,14H2,1-3H3,(H2,15,16,17,18). The Morgan fingerprint density at radius 2 is 1.90 bits per heavy atom. The summed E-state index contributed by atoms with van der Waals surface area (Å²) in [6.07, 6.45) is 0. The largest absolute Gasteiger partial charge is 0.398 e. The molecule has 7 heteroatoms. The molecular formula is C13H18N6S. The monoisotopic (exact) mass is 290 g/mol. The van der Waals surface area contributed by atoms with E-state index in [1.807, 2.05) is 39.2 Å². The summed E-state index contributed by atoms with van der Waals surface area (Å²) in [6.45, 7) is 2.00. The fourth-order valence-electron chi connectivity index (χ4n) is 1.62. The lowest BCUT2D eigenvalue weighted by atomic mass is 10.2. The molecule has 0 amide bonds. The highest BCUT2D eigenvalue weighted by molar-refractivity contribution is 7.98. The summed E-state index contributed by atoms with van der Waals surface area (Å²) < 4.78 is 0. The van der Waals surface area contributed by atoms with Crippen LogP contribution in [0.5, 0.6) is 0 Å². The molecule has 0 aliphatic rings. The Hall–Kier alpha value is -2.02. The minimum atomic E-state index is 0.239. The lowest BCUT2D eigenvalue weighted by molar-refractivity contribution is 0.919. The van der Waals surface area contributed by atoms with Gasteiger partial charge >= 0.3 is 0 Å². The summed E-state index contributed by atoms with van der Waals surface area (Å²) >= 11 is 1.64. The molecule has 0 unspecified atom stereocenters. The molecule has 0 atom stereocenters. The molecule has 0 radical (unpaired) electrons. The summed E-state index contributed by atoms with van der Waals surface area (Å²) in [5.41, 5.74) is 13.5. The number of nitrogen functional groups attached to an aromatic ring is 2. The maximum absolute atomic E-state index is 5.90. The van der Waals surface area contributed by atoms with E-state index in [0.717, 1.165) is 16.1 Å². The Morgan fingerprint density at radius 1 is 1.15 bits per heavy atom. The van der Waals surface area contributed by atoms with Crippen LogP contribution in [0.1, 0.15) is 11.4 Å². The molecule has 0 saturated carbocycles. The van der Waals surface area contributed by atoms with Gasteiger partial charge in [0.1, 0.15) is 5.82 Å². The van der Waals surface area contributed by atoms with E-state index < -0.39 is 0 Å². The normalized spacial score (nSPS) is 10.6. The molecule has 0 bridgehead atoms. The molecule has 1 aromatic heterocycles. The fourth-order valence-corrected chi connectivity index (χ4v) is 2.54. The number of hydrogen-bond donors (Lipinski definition) is 2. The van der Waals surface area contributed by atoms with Crippen LogP contribution >= 0.6 is 11.8 Å². The van der Waals surface area contributed by atoms with Gasteiger partial charge in [-0.1, -0.05) is 6.07 Å². The van der Waals surface area contributed by atoms with Crippen LogP contribution < -0.4 is 16.4 Å². The number of nitrogens with two attached hydrogens (primary N) is 2. The van der Waals surface area contributed by atoms with E-state index in [4.69, 9.17) is 11.5 Å². The van der Waals surface area contributed by atoms with E-state index in [2.05, 4.69) is 15.0 Å². The third-order valence-corrected chi connectivity index (χ3v) is 3.93. The molecule has 20 heavy (non-hydrogen) atoms. The molecule has 1 aromatic carbocycles. The first-order valence-electron chi connectivity index (χ1n) is 6.13. The summed E-state index contributed by atoms with van der Waals surface area (Å²) in [4.78, 5) is 15.5. The zero-order chi connectivity index (χ0) is 14.7. The van der Waals surface area contributed by atoms with Gasteiger partial charge in [0, 0.05) is 24.7 Å². The van der Waals surface area contributed by atoms with Gasteiger partial charge < -0.3 is 16.4 Å². The molecule has 0 saturated heterocycles. The second-order valence-corrected chi connectivity index (χ2v) is 5.58. The fraction of sp³-hybridized carbons (Fsp3) is 0.308. The van der Waals surface area contributed by atoms with Gasteiger partial charge in [0.2, 0.25) is 11.9 Å². The van der Waals surface area contributed by atoms with Gasteiger partial charge in [-0.25, -0.2) is 0 Å². The summed E-state index contributed by atoms with van der Waals surface area (Å²) in [5.74, 6) is 2.09. The quantitative estimate of drug-likeness (QED) is 0.653. The van der Waals surface area contributed by atoms with Gasteiger partial charge in [-0.05, 0) is 24.6 Å². The van der Waals surface area contributed by atoms with Crippen LogP contribution in [0.3, 0.4) is 0 Å². The molecule has 106 valence electrons. The maximum Gasteiger partial charge on any atom is 0.229 e. The predicted octanol–water partition coefficient (Wildman–Crippen LogP) is 1.70. The average Bonchev–Trinajstić information content (AvgIpc) is 2.40. The highest BCUT2D eigenvalue weighted by Crippen LogP contribution is 2.28. The maximum atomic E-state index is 5.90. The third-order valence-electron chi connectivity index (χ3n) is 2.77. The molecule has 4 N–H and O–H groups in total. The van der Waals surface area contributed by atoms with Crippen molar-refractivity contribution in [3.63, 3.8) is 0 Å². The summed E-state index contributed by atoms with van der Waals surface area (Å²) in [7, 11) is 3.74. The molecule has 1 heterocycles. The Balaban J connectivity index is 2.16. The van der Waals surface area contributed by atoms with E-state index in [-0.39, 0.29) is 5.95 Å². The van der Waals surface area contributed by atoms with E-state index in [1.165, 1.54) is 0 Å². The van der Waals surface area contributed by atoms with Gasteiger partial charge in [-0.15, -0.1) is 11.8 Å². The van der Waals surface area contributed by atoms with Crippen molar-refractivity contribution in [1.29, 1.82) is 0 Å². The van der Waals surface area contributed by atoms with Crippen molar-refractivity contribution in [3.05, 3.63) is 29.6 Å². The second kappa shape index (κ2) is 5.96. The lowest BCUT2D eigenvalue weighted by Crippen LogP contribution is -2.15. The van der Waals surface area contributed by atoms with Crippen molar-refractivity contribution in [1.82, 2.24) is 15.0 Å². The number of rotatable bonds is 4. The van der Waals surface area contributed by atoms with Gasteiger partial charge in [-0.3, -0.25) is 0 Å². The van der Waals surface area contributed by atoms with Crippen LogP contribution in [-0.4, -0.2) is 29.0 Å².